The predicted molar refractivity (Wildman–Crippen MR) is 85.7 cm³/mol. The van der Waals surface area contributed by atoms with Crippen molar-refractivity contribution in [2.75, 3.05) is 12.8 Å². The smallest absolute Gasteiger partial charge is 0.270 e. The lowest BCUT2D eigenvalue weighted by atomic mass is 10.2. The maximum absolute atomic E-state index is 12.0. The van der Waals surface area contributed by atoms with Gasteiger partial charge in [-0.15, -0.1) is 0 Å². The van der Waals surface area contributed by atoms with E-state index in [1.54, 1.807) is 17.8 Å². The van der Waals surface area contributed by atoms with E-state index in [9.17, 15) is 14.9 Å². The van der Waals surface area contributed by atoms with Crippen LogP contribution in [-0.2, 0) is 0 Å². The Bertz CT molecular complexity index is 482. The van der Waals surface area contributed by atoms with Crippen LogP contribution in [0.25, 0.3) is 0 Å². The number of carbonyl (C=O) groups is 1. The second kappa shape index (κ2) is 7.68. The Morgan fingerprint density at radius 2 is 2.26 bits per heavy atom. The molecule has 19 heavy (non-hydrogen) atoms. The van der Waals surface area contributed by atoms with Gasteiger partial charge >= 0.3 is 0 Å². The summed E-state index contributed by atoms with van der Waals surface area (Å²) in [7, 11) is 0. The summed E-state index contributed by atoms with van der Waals surface area (Å²) < 4.78 is 0.707. The monoisotopic (exact) mass is 394 g/mol. The van der Waals surface area contributed by atoms with Crippen LogP contribution in [0.4, 0.5) is 5.69 Å². The van der Waals surface area contributed by atoms with Crippen molar-refractivity contribution in [2.24, 2.45) is 0 Å². The molecular weight excluding hydrogens is 379 g/mol. The summed E-state index contributed by atoms with van der Waals surface area (Å²) in [4.78, 5) is 22.2. The van der Waals surface area contributed by atoms with Gasteiger partial charge in [0.1, 0.15) is 0 Å². The molecule has 5 nitrogen and oxygen atoms in total. The predicted octanol–water partition coefficient (Wildman–Crippen LogP) is 3.07. The molecule has 0 aliphatic carbocycles. The number of nitrogens with zero attached hydrogens (tertiary/aromatic N) is 1. The standard InChI is InChI=1S/C12H15IN2O3S/c1-8(19-2)5-6-14-12(16)10-7-9(15(17)18)3-4-11(10)13/h3-4,7-8H,5-6H2,1-2H3,(H,14,16). The third kappa shape index (κ3) is 4.98. The maximum Gasteiger partial charge on any atom is 0.270 e. The van der Waals surface area contributed by atoms with Gasteiger partial charge in [-0.2, -0.15) is 11.8 Å². The van der Waals surface area contributed by atoms with Gasteiger partial charge in [0, 0.05) is 27.5 Å². The highest BCUT2D eigenvalue weighted by Gasteiger charge is 2.15. The zero-order chi connectivity index (χ0) is 14.4. The molecule has 0 radical (unpaired) electrons. The molecule has 1 aromatic carbocycles. The largest absolute Gasteiger partial charge is 0.352 e. The molecule has 7 heteroatoms. The van der Waals surface area contributed by atoms with Crippen LogP contribution in [0, 0.1) is 13.7 Å². The summed E-state index contributed by atoms with van der Waals surface area (Å²) in [6.45, 7) is 2.66. The third-order valence-corrected chi connectivity index (χ3v) is 4.63. The average molecular weight is 394 g/mol. The third-order valence-electron chi connectivity index (χ3n) is 2.64. The van der Waals surface area contributed by atoms with E-state index in [1.807, 2.05) is 28.8 Å². The van der Waals surface area contributed by atoms with E-state index in [0.29, 0.717) is 20.9 Å². The highest BCUT2D eigenvalue weighted by atomic mass is 127. The summed E-state index contributed by atoms with van der Waals surface area (Å²) in [5.41, 5.74) is 0.287. The number of halogens is 1. The van der Waals surface area contributed by atoms with Crippen LogP contribution in [0.2, 0.25) is 0 Å². The van der Waals surface area contributed by atoms with Crippen molar-refractivity contribution in [3.8, 4) is 0 Å². The molecule has 1 atom stereocenters. The first-order valence-corrected chi connectivity index (χ1v) is 8.07. The van der Waals surface area contributed by atoms with Crippen molar-refractivity contribution in [2.45, 2.75) is 18.6 Å². The molecule has 0 heterocycles. The van der Waals surface area contributed by atoms with Crippen molar-refractivity contribution in [3.05, 3.63) is 37.4 Å². The number of non-ortho nitro benzene ring substituents is 1. The Labute approximate surface area is 129 Å². The quantitative estimate of drug-likeness (QED) is 0.457. The topological polar surface area (TPSA) is 72.2 Å². The molecule has 0 saturated heterocycles. The second-order valence-corrected chi connectivity index (χ2v) is 6.45. The molecule has 104 valence electrons. The molecule has 0 aromatic heterocycles. The summed E-state index contributed by atoms with van der Waals surface area (Å²) >= 11 is 3.74. The van der Waals surface area contributed by atoms with Gasteiger partial charge in [-0.3, -0.25) is 14.9 Å². The minimum atomic E-state index is -0.497. The van der Waals surface area contributed by atoms with Gasteiger partial charge in [-0.1, -0.05) is 6.92 Å². The van der Waals surface area contributed by atoms with Crippen LogP contribution in [-0.4, -0.2) is 28.9 Å². The first kappa shape index (κ1) is 16.2. The van der Waals surface area contributed by atoms with E-state index in [2.05, 4.69) is 12.2 Å². The highest BCUT2D eigenvalue weighted by molar-refractivity contribution is 14.1. The lowest BCUT2D eigenvalue weighted by Gasteiger charge is -2.10. The van der Waals surface area contributed by atoms with Gasteiger partial charge < -0.3 is 5.32 Å². The molecule has 0 spiro atoms. The summed E-state index contributed by atoms with van der Waals surface area (Å²) in [5, 5.41) is 14.0. The van der Waals surface area contributed by atoms with Crippen molar-refractivity contribution >= 4 is 45.9 Å². The number of benzene rings is 1. The Kier molecular flexibility index (Phi) is 6.56. The van der Waals surface area contributed by atoms with Crippen molar-refractivity contribution < 1.29 is 9.72 Å². The van der Waals surface area contributed by atoms with Crippen molar-refractivity contribution in [1.82, 2.24) is 5.32 Å². The molecular formula is C12H15IN2O3S. The van der Waals surface area contributed by atoms with Gasteiger partial charge in [0.25, 0.3) is 11.6 Å². The molecule has 1 rings (SSSR count). The van der Waals surface area contributed by atoms with Gasteiger partial charge in [0.15, 0.2) is 0 Å². The lowest BCUT2D eigenvalue weighted by Crippen LogP contribution is -2.26. The second-order valence-electron chi connectivity index (χ2n) is 4.01. The Hall–Kier alpha value is -0.830. The summed E-state index contributed by atoms with van der Waals surface area (Å²) in [6, 6.07) is 4.29. The number of hydrogen-bond donors (Lipinski definition) is 1. The van der Waals surface area contributed by atoms with Crippen molar-refractivity contribution in [3.63, 3.8) is 0 Å². The zero-order valence-corrected chi connectivity index (χ0v) is 13.7. The zero-order valence-electron chi connectivity index (χ0n) is 10.7. The maximum atomic E-state index is 12.0. The molecule has 0 fully saturated rings. The van der Waals surface area contributed by atoms with E-state index in [-0.39, 0.29) is 11.6 Å². The first-order chi connectivity index (χ1) is 8.95. The van der Waals surface area contributed by atoms with Crippen LogP contribution in [0.3, 0.4) is 0 Å². The Morgan fingerprint density at radius 1 is 1.58 bits per heavy atom. The van der Waals surface area contributed by atoms with Gasteiger partial charge in [-0.05, 0) is 41.3 Å². The van der Waals surface area contributed by atoms with Crippen LogP contribution in [0.1, 0.15) is 23.7 Å². The van der Waals surface area contributed by atoms with Crippen LogP contribution < -0.4 is 5.32 Å². The Morgan fingerprint density at radius 3 is 2.84 bits per heavy atom. The minimum absolute atomic E-state index is 0.0666. The average Bonchev–Trinajstić information content (AvgIpc) is 2.38. The van der Waals surface area contributed by atoms with Crippen LogP contribution in [0.15, 0.2) is 18.2 Å². The van der Waals surface area contributed by atoms with E-state index in [0.717, 1.165) is 6.42 Å². The fraction of sp³-hybridized carbons (Fsp3) is 0.417. The highest BCUT2D eigenvalue weighted by Crippen LogP contribution is 2.19. The number of thioether (sulfide) groups is 1. The van der Waals surface area contributed by atoms with Crippen LogP contribution in [0.5, 0.6) is 0 Å². The molecule has 0 aliphatic rings. The normalized spacial score (nSPS) is 11.9. The van der Waals surface area contributed by atoms with E-state index in [1.165, 1.54) is 12.1 Å². The van der Waals surface area contributed by atoms with Gasteiger partial charge in [0.2, 0.25) is 0 Å². The fourth-order valence-corrected chi connectivity index (χ4v) is 2.34. The Balaban J connectivity index is 2.71. The van der Waals surface area contributed by atoms with E-state index < -0.39 is 4.92 Å². The molecule has 0 saturated carbocycles. The minimum Gasteiger partial charge on any atom is -0.352 e. The number of rotatable bonds is 6. The SMILES string of the molecule is CSC(C)CCNC(=O)c1cc([N+](=O)[O-])ccc1I. The lowest BCUT2D eigenvalue weighted by molar-refractivity contribution is -0.384. The summed E-state index contributed by atoms with van der Waals surface area (Å²) in [5.74, 6) is -0.263. The van der Waals surface area contributed by atoms with Crippen LogP contribution >= 0.6 is 34.4 Å². The number of amides is 1. The molecule has 1 amide bonds. The van der Waals surface area contributed by atoms with Gasteiger partial charge in [0.05, 0.1) is 10.5 Å². The molecule has 1 unspecified atom stereocenters. The summed E-state index contributed by atoms with van der Waals surface area (Å²) in [6.07, 6.45) is 2.90. The number of hydrogen-bond acceptors (Lipinski definition) is 4. The number of carbonyl (C=O) groups excluding carboxylic acids is 1. The molecule has 1 N–H and O–H groups in total. The molecule has 1 aromatic rings. The molecule has 0 bridgehead atoms. The van der Waals surface area contributed by atoms with Gasteiger partial charge in [-0.25, -0.2) is 0 Å². The first-order valence-electron chi connectivity index (χ1n) is 5.70. The molecule has 0 aliphatic heterocycles. The van der Waals surface area contributed by atoms with E-state index >= 15 is 0 Å². The number of nitrogens with one attached hydrogen (secondary N) is 1. The number of nitro groups is 1. The number of nitro benzene ring substituents is 1. The van der Waals surface area contributed by atoms with E-state index in [4.69, 9.17) is 0 Å². The van der Waals surface area contributed by atoms with Crippen molar-refractivity contribution in [1.29, 1.82) is 0 Å². The fourth-order valence-electron chi connectivity index (χ4n) is 1.40.